The van der Waals surface area contributed by atoms with Crippen LogP contribution in [0.15, 0.2) is 64.4 Å². The summed E-state index contributed by atoms with van der Waals surface area (Å²) in [5.41, 5.74) is 9.97. The summed E-state index contributed by atoms with van der Waals surface area (Å²) in [6, 6.07) is 21.1. The van der Waals surface area contributed by atoms with Crippen LogP contribution in [0.3, 0.4) is 0 Å². The molecular weight excluding hydrogens is 522 g/mol. The Morgan fingerprint density at radius 1 is 1.07 bits per heavy atom. The Morgan fingerprint density at radius 2 is 1.73 bits per heavy atom. The van der Waals surface area contributed by atoms with Gasteiger partial charge in [-0.25, -0.2) is 9.67 Å². The zero-order valence-corrected chi connectivity index (χ0v) is 23.5. The third-order valence-corrected chi connectivity index (χ3v) is 7.65. The summed E-state index contributed by atoms with van der Waals surface area (Å²) in [7, 11) is 1.76. The first-order valence-corrected chi connectivity index (χ1v) is 13.7. The first-order valence-electron chi connectivity index (χ1n) is 12.7. The molecule has 0 saturated carbocycles. The molecule has 40 heavy (non-hydrogen) atoms. The number of hydrogen-bond acceptors (Lipinski definition) is 7. The van der Waals surface area contributed by atoms with E-state index in [9.17, 15) is 20.1 Å². The van der Waals surface area contributed by atoms with Gasteiger partial charge in [0.1, 0.15) is 34.2 Å². The number of carbonyl (C=O) groups is 1. The molecule has 10 heteroatoms. The molecule has 0 spiro atoms. The lowest BCUT2D eigenvalue weighted by Gasteiger charge is -2.14. The normalized spacial score (nSPS) is 10.8. The molecule has 0 fully saturated rings. The molecule has 9 nitrogen and oxygen atoms in total. The largest absolute Gasteiger partial charge is 0.383 e. The van der Waals surface area contributed by atoms with Gasteiger partial charge in [0.15, 0.2) is 0 Å². The first kappa shape index (κ1) is 28.2. The van der Waals surface area contributed by atoms with Crippen molar-refractivity contribution in [3.8, 4) is 29.0 Å². The van der Waals surface area contributed by atoms with Crippen LogP contribution in [0.1, 0.15) is 48.6 Å². The van der Waals surface area contributed by atoms with Crippen molar-refractivity contribution >= 4 is 29.2 Å². The Balaban J connectivity index is 1.54. The van der Waals surface area contributed by atoms with Gasteiger partial charge in [-0.05, 0) is 36.1 Å². The summed E-state index contributed by atoms with van der Waals surface area (Å²) in [6.45, 7) is 5.94. The standard InChI is InChI=1S/C30H29N7O2S/c1-18(2)20-10-12-21(13-11-20)26-23(16-31)28(33)35-29(24(26)17-32)40-15-14-25(38)34-27-19(3)36(4)37(30(27)39)22-8-6-5-7-9-22/h5-13,18H,14-15H2,1-4H3,(H2,33,35)(H,34,38). The van der Waals surface area contributed by atoms with Gasteiger partial charge in [-0.1, -0.05) is 56.3 Å². The first-order chi connectivity index (χ1) is 19.2. The number of para-hydroxylation sites is 1. The Labute approximate surface area is 236 Å². The number of anilines is 2. The monoisotopic (exact) mass is 551 g/mol. The fourth-order valence-corrected chi connectivity index (χ4v) is 5.32. The Kier molecular flexibility index (Phi) is 8.42. The molecule has 1 amide bonds. The quantitative estimate of drug-likeness (QED) is 0.290. The molecule has 0 radical (unpaired) electrons. The molecule has 2 heterocycles. The van der Waals surface area contributed by atoms with E-state index in [0.717, 1.165) is 5.56 Å². The maximum atomic E-state index is 13.1. The Morgan fingerprint density at radius 3 is 2.33 bits per heavy atom. The summed E-state index contributed by atoms with van der Waals surface area (Å²) < 4.78 is 3.19. The van der Waals surface area contributed by atoms with Crippen LogP contribution in [0.2, 0.25) is 0 Å². The molecular formula is C30H29N7O2S. The van der Waals surface area contributed by atoms with Crippen molar-refractivity contribution in [1.29, 1.82) is 10.5 Å². The van der Waals surface area contributed by atoms with E-state index in [1.54, 1.807) is 18.7 Å². The fraction of sp³-hybridized carbons (Fsp3) is 0.233. The van der Waals surface area contributed by atoms with E-state index in [1.807, 2.05) is 54.6 Å². The smallest absolute Gasteiger partial charge is 0.295 e. The second-order valence-corrected chi connectivity index (χ2v) is 10.6. The predicted molar refractivity (Wildman–Crippen MR) is 157 cm³/mol. The third-order valence-electron chi connectivity index (χ3n) is 6.67. The highest BCUT2D eigenvalue weighted by atomic mass is 32.2. The van der Waals surface area contributed by atoms with E-state index >= 15 is 0 Å². The van der Waals surface area contributed by atoms with Crippen molar-refractivity contribution in [3.05, 3.63) is 87.3 Å². The van der Waals surface area contributed by atoms with E-state index < -0.39 is 0 Å². The maximum absolute atomic E-state index is 13.1. The zero-order valence-electron chi connectivity index (χ0n) is 22.7. The number of thioether (sulfide) groups is 1. The van der Waals surface area contributed by atoms with Crippen LogP contribution >= 0.6 is 11.8 Å². The number of aromatic nitrogens is 3. The molecule has 4 aromatic rings. The summed E-state index contributed by atoms with van der Waals surface area (Å²) >= 11 is 1.20. The summed E-state index contributed by atoms with van der Waals surface area (Å²) in [5.74, 6) is 0.296. The van der Waals surface area contributed by atoms with Gasteiger partial charge in [0.25, 0.3) is 5.56 Å². The molecule has 0 unspecified atom stereocenters. The third kappa shape index (κ3) is 5.49. The molecule has 0 atom stereocenters. The van der Waals surface area contributed by atoms with Crippen LogP contribution in [0, 0.1) is 29.6 Å². The summed E-state index contributed by atoms with van der Waals surface area (Å²) in [4.78, 5) is 30.2. The van der Waals surface area contributed by atoms with Crippen molar-refractivity contribution in [1.82, 2.24) is 14.3 Å². The molecule has 0 aliphatic rings. The zero-order chi connectivity index (χ0) is 29.0. The highest BCUT2D eigenvalue weighted by Crippen LogP contribution is 2.36. The van der Waals surface area contributed by atoms with E-state index in [2.05, 4.69) is 36.3 Å². The average molecular weight is 552 g/mol. The van der Waals surface area contributed by atoms with Crippen molar-refractivity contribution in [2.45, 2.75) is 38.1 Å². The van der Waals surface area contributed by atoms with Gasteiger partial charge in [-0.3, -0.25) is 14.3 Å². The lowest BCUT2D eigenvalue weighted by molar-refractivity contribution is -0.115. The van der Waals surface area contributed by atoms with Gasteiger partial charge < -0.3 is 11.1 Å². The predicted octanol–water partition coefficient (Wildman–Crippen LogP) is 5.12. The van der Waals surface area contributed by atoms with Crippen LogP contribution < -0.4 is 16.6 Å². The molecule has 2 aromatic heterocycles. The molecule has 0 aliphatic heterocycles. The van der Waals surface area contributed by atoms with Crippen molar-refractivity contribution in [2.24, 2.45) is 7.05 Å². The van der Waals surface area contributed by atoms with Crippen LogP contribution in [-0.2, 0) is 11.8 Å². The Bertz CT molecular complexity index is 1710. The van der Waals surface area contributed by atoms with Gasteiger partial charge in [-0.2, -0.15) is 10.5 Å². The number of pyridine rings is 1. The molecule has 0 bridgehead atoms. The number of nitrogens with one attached hydrogen (secondary N) is 1. The SMILES string of the molecule is Cc1c(NC(=O)CCSc2nc(N)c(C#N)c(-c3ccc(C(C)C)cc3)c2C#N)c(=O)n(-c2ccccc2)n1C. The molecule has 3 N–H and O–H groups in total. The van der Waals surface area contributed by atoms with Crippen molar-refractivity contribution in [2.75, 3.05) is 16.8 Å². The minimum absolute atomic E-state index is 0.0257. The van der Waals surface area contributed by atoms with Gasteiger partial charge in [-0.15, -0.1) is 11.8 Å². The highest BCUT2D eigenvalue weighted by Gasteiger charge is 2.22. The van der Waals surface area contributed by atoms with Crippen LogP contribution in [-0.4, -0.2) is 26.0 Å². The summed E-state index contributed by atoms with van der Waals surface area (Å²) in [5, 5.41) is 22.9. The van der Waals surface area contributed by atoms with Gasteiger partial charge in [0.2, 0.25) is 5.91 Å². The number of rotatable bonds is 8. The van der Waals surface area contributed by atoms with Crippen LogP contribution in [0.5, 0.6) is 0 Å². The lowest BCUT2D eigenvalue weighted by atomic mass is 9.94. The second-order valence-electron chi connectivity index (χ2n) is 9.51. The topological polar surface area (TPSA) is 143 Å². The van der Waals surface area contributed by atoms with Gasteiger partial charge >= 0.3 is 0 Å². The number of amides is 1. The number of benzene rings is 2. The molecule has 202 valence electrons. The average Bonchev–Trinajstić information content (AvgIpc) is 3.15. The van der Waals surface area contributed by atoms with E-state index in [-0.39, 0.29) is 46.3 Å². The number of nitrogen functional groups attached to an aromatic ring is 1. The number of hydrogen-bond donors (Lipinski definition) is 2. The molecule has 0 aliphatic carbocycles. The number of nitrogens with zero attached hydrogens (tertiary/aromatic N) is 5. The molecule has 2 aromatic carbocycles. The lowest BCUT2D eigenvalue weighted by Crippen LogP contribution is -2.23. The van der Waals surface area contributed by atoms with Gasteiger partial charge in [0.05, 0.1) is 16.9 Å². The number of nitrogens with two attached hydrogens (primary N) is 1. The highest BCUT2D eigenvalue weighted by molar-refractivity contribution is 7.99. The number of carbonyl (C=O) groups excluding carboxylic acids is 1. The second kappa shape index (κ2) is 11.9. The van der Waals surface area contributed by atoms with E-state index in [1.165, 1.54) is 16.4 Å². The van der Waals surface area contributed by atoms with Crippen molar-refractivity contribution in [3.63, 3.8) is 0 Å². The fourth-order valence-electron chi connectivity index (χ4n) is 4.38. The van der Waals surface area contributed by atoms with E-state index in [4.69, 9.17) is 5.73 Å². The minimum atomic E-state index is -0.344. The summed E-state index contributed by atoms with van der Waals surface area (Å²) in [6.07, 6.45) is 0.0641. The molecule has 0 saturated heterocycles. The number of nitriles is 2. The van der Waals surface area contributed by atoms with Crippen LogP contribution in [0.4, 0.5) is 11.5 Å². The maximum Gasteiger partial charge on any atom is 0.295 e. The van der Waals surface area contributed by atoms with Crippen LogP contribution in [0.25, 0.3) is 16.8 Å². The van der Waals surface area contributed by atoms with E-state index in [0.29, 0.717) is 33.5 Å². The van der Waals surface area contributed by atoms with Crippen molar-refractivity contribution < 1.29 is 4.79 Å². The Hall–Kier alpha value is -4.80. The van der Waals surface area contributed by atoms with Gasteiger partial charge in [0, 0.05) is 24.8 Å². The minimum Gasteiger partial charge on any atom is -0.383 e. The molecule has 4 rings (SSSR count).